The van der Waals surface area contributed by atoms with Crippen molar-refractivity contribution >= 4 is 12.7 Å². The Balaban J connectivity index is 2.82. The zero-order chi connectivity index (χ0) is 12.2. The van der Waals surface area contributed by atoms with Crippen molar-refractivity contribution in [2.75, 3.05) is 0 Å². The predicted octanol–water partition coefficient (Wildman–Crippen LogP) is 3.39. The highest BCUT2D eigenvalue weighted by atomic mass is 19.4. The van der Waals surface area contributed by atoms with Gasteiger partial charge in [0.05, 0.1) is 5.56 Å². The first-order valence-corrected chi connectivity index (χ1v) is 5.14. The van der Waals surface area contributed by atoms with Gasteiger partial charge in [0.1, 0.15) is 5.82 Å². The van der Waals surface area contributed by atoms with Gasteiger partial charge < -0.3 is 0 Å². The first-order chi connectivity index (χ1) is 7.43. The van der Waals surface area contributed by atoms with Gasteiger partial charge in [0.2, 0.25) is 0 Å². The summed E-state index contributed by atoms with van der Waals surface area (Å²) in [6.07, 6.45) is -1.98. The van der Waals surface area contributed by atoms with Crippen molar-refractivity contribution in [2.24, 2.45) is 0 Å². The number of hydrogen-bond acceptors (Lipinski definition) is 0. The molecular formula is C11H12BF4-. The van der Waals surface area contributed by atoms with Crippen molar-refractivity contribution in [2.45, 2.75) is 32.3 Å². The normalized spacial score (nSPS) is 11.8. The van der Waals surface area contributed by atoms with Gasteiger partial charge in [0.25, 0.3) is 0 Å². The molecule has 1 aromatic rings. The van der Waals surface area contributed by atoms with Crippen molar-refractivity contribution in [3.63, 3.8) is 0 Å². The maximum atomic E-state index is 12.9. The van der Waals surface area contributed by atoms with Crippen molar-refractivity contribution in [3.05, 3.63) is 29.6 Å². The summed E-state index contributed by atoms with van der Waals surface area (Å²) >= 11 is 0. The largest absolute Gasteiger partial charge is 0.416 e. The fourth-order valence-electron chi connectivity index (χ4n) is 1.37. The highest BCUT2D eigenvalue weighted by Crippen LogP contribution is 2.28. The maximum Gasteiger partial charge on any atom is 0.416 e. The van der Waals surface area contributed by atoms with E-state index < -0.39 is 17.6 Å². The summed E-state index contributed by atoms with van der Waals surface area (Å²) in [5, 5.41) is 0. The Hall–Kier alpha value is -0.995. The number of halogens is 4. The van der Waals surface area contributed by atoms with Crippen LogP contribution < -0.4 is 5.46 Å². The molecule has 0 aliphatic carbocycles. The van der Waals surface area contributed by atoms with Gasteiger partial charge >= 0.3 is 6.18 Å². The fraction of sp³-hybridized carbons (Fsp3) is 0.455. The molecule has 0 amide bonds. The van der Waals surface area contributed by atoms with Crippen LogP contribution in [-0.4, -0.2) is 7.28 Å². The third kappa shape index (κ3) is 3.87. The lowest BCUT2D eigenvalue weighted by Crippen LogP contribution is -2.18. The summed E-state index contributed by atoms with van der Waals surface area (Å²) in [6.45, 7) is 1.99. The summed E-state index contributed by atoms with van der Waals surface area (Å²) in [5.74, 6) is -0.849. The molecule has 1 aromatic carbocycles. The van der Waals surface area contributed by atoms with Crippen molar-refractivity contribution in [1.29, 1.82) is 0 Å². The molecule has 0 saturated carbocycles. The summed E-state index contributed by atoms with van der Waals surface area (Å²) in [6, 6.07) is 2.60. The third-order valence-electron chi connectivity index (χ3n) is 2.19. The molecule has 0 atom stereocenters. The minimum atomic E-state index is -4.49. The Labute approximate surface area is 92.9 Å². The summed E-state index contributed by atoms with van der Waals surface area (Å²) < 4.78 is 50.0. The topological polar surface area (TPSA) is 0 Å². The minimum Gasteiger partial charge on any atom is -0.297 e. The second kappa shape index (κ2) is 5.37. The van der Waals surface area contributed by atoms with Crippen LogP contribution >= 0.6 is 0 Å². The molecule has 2 radical (unpaired) electrons. The molecule has 88 valence electrons. The van der Waals surface area contributed by atoms with Crippen LogP contribution in [0.2, 0.25) is 6.32 Å². The van der Waals surface area contributed by atoms with Crippen LogP contribution in [0.4, 0.5) is 17.6 Å². The Bertz CT molecular complexity index is 346. The van der Waals surface area contributed by atoms with Crippen molar-refractivity contribution < 1.29 is 17.6 Å². The SMILES string of the molecule is CCCC[B-]c1cc(F)cc(C(F)(F)F)c1. The van der Waals surface area contributed by atoms with Gasteiger partial charge in [0.15, 0.2) is 0 Å². The lowest BCUT2D eigenvalue weighted by Gasteiger charge is -2.18. The second-order valence-electron chi connectivity index (χ2n) is 3.62. The molecule has 0 bridgehead atoms. The molecular weight excluding hydrogens is 219 g/mol. The molecule has 0 N–H and O–H groups in total. The molecule has 0 spiro atoms. The van der Waals surface area contributed by atoms with Crippen molar-refractivity contribution in [1.82, 2.24) is 0 Å². The molecule has 0 heterocycles. The van der Waals surface area contributed by atoms with E-state index in [2.05, 4.69) is 0 Å². The Morgan fingerprint density at radius 3 is 2.44 bits per heavy atom. The van der Waals surface area contributed by atoms with E-state index in [1.165, 1.54) is 0 Å². The highest BCUT2D eigenvalue weighted by molar-refractivity contribution is 6.53. The first-order valence-electron chi connectivity index (χ1n) is 5.14. The van der Waals surface area contributed by atoms with E-state index in [0.29, 0.717) is 17.8 Å². The van der Waals surface area contributed by atoms with Crippen LogP contribution in [0.15, 0.2) is 18.2 Å². The lowest BCUT2D eigenvalue weighted by molar-refractivity contribution is -0.137. The van der Waals surface area contributed by atoms with Gasteiger partial charge in [0, 0.05) is 0 Å². The molecule has 0 fully saturated rings. The van der Waals surface area contributed by atoms with E-state index in [4.69, 9.17) is 0 Å². The third-order valence-corrected chi connectivity index (χ3v) is 2.19. The molecule has 0 unspecified atom stereocenters. The van der Waals surface area contributed by atoms with Crippen molar-refractivity contribution in [3.8, 4) is 0 Å². The monoisotopic (exact) mass is 231 g/mol. The van der Waals surface area contributed by atoms with Gasteiger partial charge in [-0.15, -0.1) is 0 Å². The molecule has 1 rings (SSSR count). The predicted molar refractivity (Wildman–Crippen MR) is 56.5 cm³/mol. The van der Waals surface area contributed by atoms with Gasteiger partial charge in [-0.05, 0) is 6.07 Å². The molecule has 0 saturated heterocycles. The molecule has 0 aliphatic rings. The average Bonchev–Trinajstić information content (AvgIpc) is 2.16. The van der Waals surface area contributed by atoms with Gasteiger partial charge in [-0.25, -0.2) is 10.7 Å². The highest BCUT2D eigenvalue weighted by Gasteiger charge is 2.30. The van der Waals surface area contributed by atoms with E-state index in [1.807, 2.05) is 6.92 Å². The zero-order valence-electron chi connectivity index (χ0n) is 8.94. The molecule has 0 aromatic heterocycles. The lowest BCUT2D eigenvalue weighted by atomic mass is 9.66. The quantitative estimate of drug-likeness (QED) is 0.423. The summed E-state index contributed by atoms with van der Waals surface area (Å²) in [4.78, 5) is 0. The van der Waals surface area contributed by atoms with Crippen LogP contribution in [0.3, 0.4) is 0 Å². The number of benzene rings is 1. The maximum absolute atomic E-state index is 12.9. The smallest absolute Gasteiger partial charge is 0.297 e. The molecule has 0 nitrogen and oxygen atoms in total. The standard InChI is InChI=1S/C11H12BF4/c1-2-3-4-12-9-5-8(11(14,15)16)6-10(13)7-9/h5-7H,2-4H2,1H3/q-1. The Kier molecular flexibility index (Phi) is 4.39. The van der Waals surface area contributed by atoms with Crippen LogP contribution in [0.1, 0.15) is 25.3 Å². The minimum absolute atomic E-state index is 0.292. The fourth-order valence-corrected chi connectivity index (χ4v) is 1.37. The number of hydrogen-bond donors (Lipinski definition) is 0. The zero-order valence-corrected chi connectivity index (χ0v) is 8.94. The average molecular weight is 231 g/mol. The van der Waals surface area contributed by atoms with Gasteiger partial charge in [-0.3, -0.25) is 12.7 Å². The van der Waals surface area contributed by atoms with Crippen LogP contribution in [0.25, 0.3) is 0 Å². The Morgan fingerprint density at radius 1 is 1.19 bits per heavy atom. The van der Waals surface area contributed by atoms with Crippen LogP contribution in [0.5, 0.6) is 0 Å². The molecule has 5 heteroatoms. The second-order valence-corrected chi connectivity index (χ2v) is 3.62. The van der Waals surface area contributed by atoms with E-state index in [-0.39, 0.29) is 0 Å². The molecule has 0 aliphatic heterocycles. The first kappa shape index (κ1) is 13.1. The molecule has 16 heavy (non-hydrogen) atoms. The summed E-state index contributed by atoms with van der Waals surface area (Å²) in [5.41, 5.74) is -0.643. The van der Waals surface area contributed by atoms with Gasteiger partial charge in [-0.1, -0.05) is 31.9 Å². The Morgan fingerprint density at radius 2 is 1.88 bits per heavy atom. The van der Waals surface area contributed by atoms with Crippen LogP contribution in [-0.2, 0) is 6.18 Å². The number of alkyl halides is 3. The van der Waals surface area contributed by atoms with Crippen LogP contribution in [0, 0.1) is 5.82 Å². The van der Waals surface area contributed by atoms with E-state index in [1.54, 1.807) is 7.28 Å². The van der Waals surface area contributed by atoms with Gasteiger partial charge in [-0.2, -0.15) is 13.2 Å². The van der Waals surface area contributed by atoms with E-state index in [9.17, 15) is 17.6 Å². The number of rotatable bonds is 4. The van der Waals surface area contributed by atoms with E-state index in [0.717, 1.165) is 25.0 Å². The number of unbranched alkanes of at least 4 members (excludes halogenated alkanes) is 1. The summed E-state index contributed by atoms with van der Waals surface area (Å²) in [7, 11) is 1.63. The van der Waals surface area contributed by atoms with E-state index >= 15 is 0 Å².